The highest BCUT2D eigenvalue weighted by atomic mass is 32.1. The maximum atomic E-state index is 12.7. The maximum absolute atomic E-state index is 12.7. The largest absolute Gasteiger partial charge is 0.315 e. The molecule has 0 saturated heterocycles. The molecule has 4 nitrogen and oxygen atoms in total. The van der Waals surface area contributed by atoms with Gasteiger partial charge in [0.2, 0.25) is 5.91 Å². The third kappa shape index (κ3) is 4.46. The fraction of sp³-hybridized carbons (Fsp3) is 0.280. The van der Waals surface area contributed by atoms with Gasteiger partial charge >= 0.3 is 0 Å². The van der Waals surface area contributed by atoms with Crippen molar-refractivity contribution < 1.29 is 4.79 Å². The topological polar surface area (TPSA) is 64.9 Å². The summed E-state index contributed by atoms with van der Waals surface area (Å²) < 4.78 is 0. The highest BCUT2D eigenvalue weighted by Crippen LogP contribution is 2.37. The number of nitrogens with one attached hydrogen (secondary N) is 2. The van der Waals surface area contributed by atoms with Crippen LogP contribution in [-0.4, -0.2) is 12.5 Å². The zero-order valence-electron chi connectivity index (χ0n) is 17.1. The first kappa shape index (κ1) is 20.3. The van der Waals surface area contributed by atoms with Crippen LogP contribution in [0.2, 0.25) is 0 Å². The average molecular weight is 416 g/mol. The Kier molecular flexibility index (Phi) is 6.27. The Labute approximate surface area is 181 Å². The molecule has 0 radical (unpaired) electrons. The summed E-state index contributed by atoms with van der Waals surface area (Å²) in [7, 11) is 0. The van der Waals surface area contributed by atoms with Crippen molar-refractivity contribution >= 4 is 22.2 Å². The van der Waals surface area contributed by atoms with Crippen molar-refractivity contribution in [3.05, 3.63) is 87.3 Å². The van der Waals surface area contributed by atoms with Crippen LogP contribution >= 0.6 is 11.3 Å². The van der Waals surface area contributed by atoms with Gasteiger partial charge in [0.15, 0.2) is 0 Å². The number of anilines is 1. The molecule has 0 fully saturated rings. The second-order valence-corrected chi connectivity index (χ2v) is 8.82. The number of nitriles is 1. The van der Waals surface area contributed by atoms with Crippen molar-refractivity contribution in [2.45, 2.75) is 38.6 Å². The van der Waals surface area contributed by atoms with E-state index in [4.69, 9.17) is 0 Å². The molecule has 1 heterocycles. The molecule has 1 aliphatic rings. The summed E-state index contributed by atoms with van der Waals surface area (Å²) in [5.41, 5.74) is 5.22. The Bertz CT molecular complexity index is 1060. The van der Waals surface area contributed by atoms with Crippen molar-refractivity contribution in [2.75, 3.05) is 11.9 Å². The molecular weight excluding hydrogens is 390 g/mol. The summed E-state index contributed by atoms with van der Waals surface area (Å²) in [6.45, 7) is 2.23. The third-order valence-electron chi connectivity index (χ3n) is 5.55. The molecule has 152 valence electrons. The van der Waals surface area contributed by atoms with Crippen LogP contribution in [-0.2, 0) is 17.6 Å². The molecule has 0 saturated carbocycles. The minimum atomic E-state index is -0.127. The van der Waals surface area contributed by atoms with Gasteiger partial charge in [0.05, 0.1) is 18.2 Å². The van der Waals surface area contributed by atoms with Gasteiger partial charge in [0, 0.05) is 4.88 Å². The monoisotopic (exact) mass is 415 g/mol. The fourth-order valence-corrected chi connectivity index (χ4v) is 5.23. The molecule has 4 rings (SSSR count). The number of thiophene rings is 1. The van der Waals surface area contributed by atoms with Crippen LogP contribution in [0.3, 0.4) is 0 Å². The summed E-state index contributed by atoms with van der Waals surface area (Å²) in [4.78, 5) is 14.0. The molecule has 0 bridgehead atoms. The van der Waals surface area contributed by atoms with E-state index in [9.17, 15) is 10.1 Å². The molecule has 0 spiro atoms. The summed E-state index contributed by atoms with van der Waals surface area (Å²) >= 11 is 1.56. The van der Waals surface area contributed by atoms with E-state index >= 15 is 0 Å². The van der Waals surface area contributed by atoms with Crippen LogP contribution in [0.25, 0.3) is 0 Å². The molecule has 2 N–H and O–H groups in total. The van der Waals surface area contributed by atoms with E-state index in [2.05, 4.69) is 60.0 Å². The number of benzene rings is 2. The summed E-state index contributed by atoms with van der Waals surface area (Å²) in [5, 5.41) is 16.7. The summed E-state index contributed by atoms with van der Waals surface area (Å²) in [5.74, 6) is -0.127. The zero-order chi connectivity index (χ0) is 20.9. The maximum Gasteiger partial charge on any atom is 0.238 e. The molecule has 1 atom stereocenters. The second kappa shape index (κ2) is 9.25. The van der Waals surface area contributed by atoms with Gasteiger partial charge in [0.25, 0.3) is 0 Å². The van der Waals surface area contributed by atoms with Gasteiger partial charge in [-0.25, -0.2) is 0 Å². The standard InChI is InChI=1S/C25H25N3OS/c1-17-11-13-19(14-12-17)24(18-7-3-2-4-8-18)27-16-23(29)28-25-21(15-26)20-9-5-6-10-22(20)30-25/h2-4,7-8,11-14,24,27H,5-6,9-10,16H2,1H3,(H,28,29)/t24-/m1/s1. The minimum absolute atomic E-state index is 0.0791. The van der Waals surface area contributed by atoms with E-state index in [0.717, 1.165) is 42.4 Å². The first-order chi connectivity index (χ1) is 14.7. The van der Waals surface area contributed by atoms with Crippen LogP contribution in [0.5, 0.6) is 0 Å². The summed E-state index contributed by atoms with van der Waals surface area (Å²) in [6.07, 6.45) is 4.21. The van der Waals surface area contributed by atoms with Crippen molar-refractivity contribution in [1.29, 1.82) is 5.26 Å². The van der Waals surface area contributed by atoms with Crippen molar-refractivity contribution in [3.63, 3.8) is 0 Å². The quantitative estimate of drug-likeness (QED) is 0.587. The SMILES string of the molecule is Cc1ccc([C@H](NCC(=O)Nc2sc3c(c2C#N)CCCC3)c2ccccc2)cc1. The van der Waals surface area contributed by atoms with Gasteiger partial charge in [-0.1, -0.05) is 60.2 Å². The Hall–Kier alpha value is -2.94. The van der Waals surface area contributed by atoms with Crippen LogP contribution in [0, 0.1) is 18.3 Å². The molecule has 30 heavy (non-hydrogen) atoms. The number of amides is 1. The first-order valence-electron chi connectivity index (χ1n) is 10.3. The number of nitrogens with zero attached hydrogens (tertiary/aromatic N) is 1. The minimum Gasteiger partial charge on any atom is -0.315 e. The van der Waals surface area contributed by atoms with E-state index in [1.54, 1.807) is 11.3 Å². The van der Waals surface area contributed by atoms with E-state index in [-0.39, 0.29) is 18.5 Å². The molecule has 0 unspecified atom stereocenters. The fourth-order valence-electron chi connectivity index (χ4n) is 3.97. The Morgan fingerprint density at radius 2 is 1.77 bits per heavy atom. The van der Waals surface area contributed by atoms with Gasteiger partial charge in [0.1, 0.15) is 11.1 Å². The molecule has 2 aromatic carbocycles. The van der Waals surface area contributed by atoms with Crippen LogP contribution in [0.4, 0.5) is 5.00 Å². The number of fused-ring (bicyclic) bond motifs is 1. The smallest absolute Gasteiger partial charge is 0.238 e. The predicted molar refractivity (Wildman–Crippen MR) is 122 cm³/mol. The highest BCUT2D eigenvalue weighted by Gasteiger charge is 2.22. The lowest BCUT2D eigenvalue weighted by Gasteiger charge is -2.20. The molecule has 1 amide bonds. The Morgan fingerprint density at radius 3 is 2.50 bits per heavy atom. The molecule has 1 aromatic heterocycles. The van der Waals surface area contributed by atoms with Gasteiger partial charge in [-0.3, -0.25) is 10.1 Å². The zero-order valence-corrected chi connectivity index (χ0v) is 17.9. The summed E-state index contributed by atoms with van der Waals surface area (Å²) in [6, 6.07) is 20.7. The Balaban J connectivity index is 1.49. The Morgan fingerprint density at radius 1 is 1.07 bits per heavy atom. The van der Waals surface area contributed by atoms with Gasteiger partial charge in [-0.05, 0) is 49.3 Å². The molecule has 5 heteroatoms. The molecule has 0 aliphatic heterocycles. The third-order valence-corrected chi connectivity index (χ3v) is 6.75. The number of aryl methyl sites for hydroxylation is 2. The number of carbonyl (C=O) groups excluding carboxylic acids is 1. The normalized spacial score (nSPS) is 13.9. The van der Waals surface area contributed by atoms with Crippen LogP contribution in [0.15, 0.2) is 54.6 Å². The van der Waals surface area contributed by atoms with Crippen molar-refractivity contribution in [1.82, 2.24) is 5.32 Å². The van der Waals surface area contributed by atoms with Crippen LogP contribution in [0.1, 0.15) is 51.6 Å². The lowest BCUT2D eigenvalue weighted by atomic mass is 9.96. The molecule has 3 aromatic rings. The highest BCUT2D eigenvalue weighted by molar-refractivity contribution is 7.16. The number of carbonyl (C=O) groups is 1. The van der Waals surface area contributed by atoms with Gasteiger partial charge in [-0.15, -0.1) is 11.3 Å². The van der Waals surface area contributed by atoms with E-state index < -0.39 is 0 Å². The number of rotatable bonds is 6. The average Bonchev–Trinajstić information content (AvgIpc) is 3.12. The number of hydrogen-bond donors (Lipinski definition) is 2. The molecule has 1 aliphatic carbocycles. The van der Waals surface area contributed by atoms with Gasteiger partial charge < -0.3 is 5.32 Å². The van der Waals surface area contributed by atoms with E-state index in [1.807, 2.05) is 18.2 Å². The lowest BCUT2D eigenvalue weighted by Crippen LogP contribution is -2.31. The van der Waals surface area contributed by atoms with E-state index in [1.165, 1.54) is 10.4 Å². The van der Waals surface area contributed by atoms with Crippen LogP contribution < -0.4 is 10.6 Å². The van der Waals surface area contributed by atoms with Crippen molar-refractivity contribution in [3.8, 4) is 6.07 Å². The lowest BCUT2D eigenvalue weighted by molar-refractivity contribution is -0.115. The van der Waals surface area contributed by atoms with Crippen molar-refractivity contribution in [2.24, 2.45) is 0 Å². The van der Waals surface area contributed by atoms with Gasteiger partial charge in [-0.2, -0.15) is 5.26 Å². The second-order valence-electron chi connectivity index (χ2n) is 7.71. The first-order valence-corrected chi connectivity index (χ1v) is 11.2. The number of hydrogen-bond acceptors (Lipinski definition) is 4. The van der Waals surface area contributed by atoms with E-state index in [0.29, 0.717) is 10.6 Å². The predicted octanol–water partition coefficient (Wildman–Crippen LogP) is 5.12. The molecular formula is C25H25N3OS.